The van der Waals surface area contributed by atoms with Crippen molar-refractivity contribution < 1.29 is 28.6 Å². The van der Waals surface area contributed by atoms with E-state index < -0.39 is 6.10 Å². The van der Waals surface area contributed by atoms with Crippen LogP contribution in [0.3, 0.4) is 0 Å². The average Bonchev–Trinajstić information content (AvgIpc) is 3.09. The van der Waals surface area contributed by atoms with Crippen molar-refractivity contribution in [2.45, 2.75) is 85.7 Å². The summed E-state index contributed by atoms with van der Waals surface area (Å²) in [7, 11) is 0. The molecule has 1 heterocycles. The second-order valence-corrected chi connectivity index (χ2v) is 11.4. The minimum Gasteiger partial charge on any atom is -0.465 e. The van der Waals surface area contributed by atoms with E-state index in [4.69, 9.17) is 14.2 Å². The maximum atomic E-state index is 12.7. The van der Waals surface area contributed by atoms with E-state index in [1.807, 2.05) is 6.92 Å². The van der Waals surface area contributed by atoms with E-state index in [0.717, 1.165) is 25.7 Å². The number of carbonyl (C=O) groups excluding carboxylic acids is 3. The van der Waals surface area contributed by atoms with Crippen LogP contribution in [-0.4, -0.2) is 37.2 Å². The minimum absolute atomic E-state index is 0.0350. The largest absolute Gasteiger partial charge is 0.465 e. The summed E-state index contributed by atoms with van der Waals surface area (Å²) in [4.78, 5) is 36.8. The van der Waals surface area contributed by atoms with Crippen LogP contribution in [0.1, 0.15) is 79.6 Å². The van der Waals surface area contributed by atoms with E-state index in [9.17, 15) is 14.4 Å². The third-order valence-electron chi connectivity index (χ3n) is 9.50. The molecule has 0 aromatic rings. The summed E-state index contributed by atoms with van der Waals surface area (Å²) < 4.78 is 17.2. The number of fused-ring (bicyclic) bond motifs is 5. The third-order valence-corrected chi connectivity index (χ3v) is 9.50. The molecule has 0 radical (unpaired) electrons. The summed E-state index contributed by atoms with van der Waals surface area (Å²) in [6.07, 6.45) is 5.93. The second-order valence-electron chi connectivity index (χ2n) is 11.4. The molecule has 3 saturated carbocycles. The molecule has 31 heavy (non-hydrogen) atoms. The fourth-order valence-electron chi connectivity index (χ4n) is 8.18. The minimum atomic E-state index is -0.460. The summed E-state index contributed by atoms with van der Waals surface area (Å²) in [5.41, 5.74) is -0.0986. The predicted octanol–water partition coefficient (Wildman–Crippen LogP) is 4.29. The molecule has 6 nitrogen and oxygen atoms in total. The molecule has 7 atom stereocenters. The number of ether oxygens (including phenoxy) is 3. The van der Waals surface area contributed by atoms with Gasteiger partial charge in [-0.2, -0.15) is 0 Å². The molecule has 0 amide bonds. The summed E-state index contributed by atoms with van der Waals surface area (Å²) in [5.74, 6) is -0.440. The zero-order chi connectivity index (χ0) is 22.6. The summed E-state index contributed by atoms with van der Waals surface area (Å²) in [6.45, 7) is 11.1. The lowest BCUT2D eigenvalue weighted by atomic mass is 9.38. The van der Waals surface area contributed by atoms with Crippen molar-refractivity contribution in [2.24, 2.45) is 39.9 Å². The number of rotatable bonds is 4. The van der Waals surface area contributed by atoms with E-state index in [-0.39, 0.29) is 51.9 Å². The first-order valence-corrected chi connectivity index (χ1v) is 12.0. The first kappa shape index (κ1) is 22.6. The molecule has 4 rings (SSSR count). The monoisotopic (exact) mass is 434 g/mol. The zero-order valence-corrected chi connectivity index (χ0v) is 19.7. The first-order chi connectivity index (χ1) is 14.5. The number of hydrogen-bond donors (Lipinski definition) is 0. The summed E-state index contributed by atoms with van der Waals surface area (Å²) in [6, 6.07) is 0. The summed E-state index contributed by atoms with van der Waals surface area (Å²) >= 11 is 0. The van der Waals surface area contributed by atoms with Gasteiger partial charge in [-0.05, 0) is 54.8 Å². The molecule has 0 spiro atoms. The molecule has 3 aliphatic carbocycles. The van der Waals surface area contributed by atoms with Gasteiger partial charge in [-0.3, -0.25) is 14.4 Å². The lowest BCUT2D eigenvalue weighted by molar-refractivity contribution is -0.221. The highest BCUT2D eigenvalue weighted by molar-refractivity contribution is 5.77. The fourth-order valence-corrected chi connectivity index (χ4v) is 8.18. The van der Waals surface area contributed by atoms with Gasteiger partial charge in [-0.1, -0.05) is 34.1 Å². The Labute approximate surface area is 185 Å². The lowest BCUT2D eigenvalue weighted by Gasteiger charge is -2.66. The maximum Gasteiger partial charge on any atom is 0.313 e. The molecular formula is C25H38O6. The van der Waals surface area contributed by atoms with Crippen molar-refractivity contribution in [1.29, 1.82) is 0 Å². The van der Waals surface area contributed by atoms with Crippen LogP contribution < -0.4 is 0 Å². The van der Waals surface area contributed by atoms with E-state index >= 15 is 0 Å². The van der Waals surface area contributed by atoms with E-state index in [0.29, 0.717) is 32.0 Å². The Kier molecular flexibility index (Phi) is 5.66. The third kappa shape index (κ3) is 3.48. The first-order valence-electron chi connectivity index (χ1n) is 12.0. The van der Waals surface area contributed by atoms with E-state index in [1.54, 1.807) is 0 Å². The lowest BCUT2D eigenvalue weighted by Crippen LogP contribution is -2.64. The molecule has 174 valence electrons. The predicted molar refractivity (Wildman–Crippen MR) is 114 cm³/mol. The van der Waals surface area contributed by atoms with Crippen LogP contribution in [0.15, 0.2) is 0 Å². The highest BCUT2D eigenvalue weighted by Gasteiger charge is 2.68. The SMILES string of the molecule is CCC(=O)OC[C@]12CCCC(C)(C)[C@@H]1CC[C@@]1(C)[C@@H]3COC(=O)[C@@H]3[C@@H](OC(C)=O)C[C@@H]12. The van der Waals surface area contributed by atoms with Gasteiger partial charge in [0.1, 0.15) is 12.0 Å². The highest BCUT2D eigenvalue weighted by Crippen LogP contribution is 2.70. The number of cyclic esters (lactones) is 1. The Bertz CT molecular complexity index is 759. The van der Waals surface area contributed by atoms with Crippen molar-refractivity contribution in [3.8, 4) is 0 Å². The number of carbonyl (C=O) groups is 3. The van der Waals surface area contributed by atoms with E-state index in [1.165, 1.54) is 13.3 Å². The van der Waals surface area contributed by atoms with Crippen LogP contribution in [0.5, 0.6) is 0 Å². The van der Waals surface area contributed by atoms with Gasteiger partial charge in [0.15, 0.2) is 0 Å². The van der Waals surface area contributed by atoms with Crippen LogP contribution in [0.4, 0.5) is 0 Å². The quantitative estimate of drug-likeness (QED) is 0.485. The molecule has 0 aromatic carbocycles. The van der Waals surface area contributed by atoms with Crippen molar-refractivity contribution in [2.75, 3.05) is 13.2 Å². The topological polar surface area (TPSA) is 78.9 Å². The molecule has 1 aliphatic heterocycles. The molecule has 1 saturated heterocycles. The molecule has 0 unspecified atom stereocenters. The van der Waals surface area contributed by atoms with Crippen molar-refractivity contribution in [3.63, 3.8) is 0 Å². The molecular weight excluding hydrogens is 396 g/mol. The van der Waals surface area contributed by atoms with Gasteiger partial charge in [-0.25, -0.2) is 0 Å². The number of hydrogen-bond acceptors (Lipinski definition) is 6. The van der Waals surface area contributed by atoms with Crippen LogP contribution >= 0.6 is 0 Å². The zero-order valence-electron chi connectivity index (χ0n) is 19.7. The van der Waals surface area contributed by atoms with Gasteiger partial charge >= 0.3 is 17.9 Å². The Balaban J connectivity index is 1.77. The van der Waals surface area contributed by atoms with Crippen LogP contribution in [0.25, 0.3) is 0 Å². The van der Waals surface area contributed by atoms with Gasteiger partial charge in [0.25, 0.3) is 0 Å². The Morgan fingerprint density at radius 1 is 1.13 bits per heavy atom. The number of esters is 3. The normalized spacial score (nSPS) is 43.1. The average molecular weight is 435 g/mol. The molecule has 6 heteroatoms. The van der Waals surface area contributed by atoms with Gasteiger partial charge < -0.3 is 14.2 Å². The van der Waals surface area contributed by atoms with Crippen molar-refractivity contribution >= 4 is 17.9 Å². The molecule has 0 aromatic heterocycles. The van der Waals surface area contributed by atoms with Gasteiger partial charge in [0.05, 0.1) is 13.2 Å². The van der Waals surface area contributed by atoms with Gasteiger partial charge in [0.2, 0.25) is 0 Å². The Hall–Kier alpha value is -1.59. The van der Waals surface area contributed by atoms with Gasteiger partial charge in [0, 0.05) is 24.7 Å². The second kappa shape index (κ2) is 7.77. The summed E-state index contributed by atoms with van der Waals surface area (Å²) in [5, 5.41) is 0. The highest BCUT2D eigenvalue weighted by atomic mass is 16.6. The molecule has 4 fully saturated rings. The van der Waals surface area contributed by atoms with E-state index in [2.05, 4.69) is 20.8 Å². The van der Waals surface area contributed by atoms with Crippen molar-refractivity contribution in [1.82, 2.24) is 0 Å². The van der Waals surface area contributed by atoms with Crippen molar-refractivity contribution in [3.05, 3.63) is 0 Å². The standard InChI is InChI=1S/C25H38O6/c1-6-20(27)30-14-25-10-7-9-23(3,4)18(25)8-11-24(5)16-13-29-22(28)21(16)17(12-19(24)25)31-15(2)26/h16-19,21H,6-14H2,1-5H3/t16-,17+,18+,19+,21+,24+,25-/m1/s1. The Morgan fingerprint density at radius 2 is 1.87 bits per heavy atom. The fraction of sp³-hybridized carbons (Fsp3) is 0.880. The van der Waals surface area contributed by atoms with Crippen LogP contribution in [-0.2, 0) is 28.6 Å². The maximum absolute atomic E-state index is 12.7. The van der Waals surface area contributed by atoms with Gasteiger partial charge in [-0.15, -0.1) is 0 Å². The smallest absolute Gasteiger partial charge is 0.313 e. The molecule has 0 bridgehead atoms. The molecule has 4 aliphatic rings. The van der Waals surface area contributed by atoms with Crippen LogP contribution in [0.2, 0.25) is 0 Å². The molecule has 0 N–H and O–H groups in total. The van der Waals surface area contributed by atoms with Crippen LogP contribution in [0, 0.1) is 39.9 Å². The Morgan fingerprint density at radius 3 is 2.55 bits per heavy atom.